The first kappa shape index (κ1) is 4.65. The van der Waals surface area contributed by atoms with Crippen molar-refractivity contribution in [3.63, 3.8) is 0 Å². The summed E-state index contributed by atoms with van der Waals surface area (Å²) >= 11 is 0. The highest BCUT2D eigenvalue weighted by atomic mass is 15.0. The Labute approximate surface area is 43.4 Å². The third-order valence-electron chi connectivity index (χ3n) is 1.07. The molecule has 40 valence electrons. The second-order valence-corrected chi connectivity index (χ2v) is 1.75. The van der Waals surface area contributed by atoms with E-state index in [0.29, 0.717) is 0 Å². The molecule has 0 radical (unpaired) electrons. The van der Waals surface area contributed by atoms with Gasteiger partial charge in [-0.15, -0.1) is 0 Å². The highest BCUT2D eigenvalue weighted by Crippen LogP contribution is 1.97. The maximum absolute atomic E-state index is 5.47. The number of nitrogens with one attached hydrogen (secondary N) is 1. The zero-order valence-corrected chi connectivity index (χ0v) is 4.22. The van der Waals surface area contributed by atoms with Crippen molar-refractivity contribution in [2.45, 2.75) is 19.0 Å². The second-order valence-electron chi connectivity index (χ2n) is 1.75. The molecule has 1 atom stereocenters. The van der Waals surface area contributed by atoms with Gasteiger partial charge in [-0.1, -0.05) is 6.08 Å². The lowest BCUT2D eigenvalue weighted by atomic mass is 10.2. The van der Waals surface area contributed by atoms with E-state index in [4.69, 9.17) is 5.73 Å². The smallest absolute Gasteiger partial charge is 0.0740 e. The van der Waals surface area contributed by atoms with E-state index in [9.17, 15) is 0 Å². The number of allylic oxidation sites excluding steroid dienone is 1. The van der Waals surface area contributed by atoms with Gasteiger partial charge in [-0.3, -0.25) is 0 Å². The van der Waals surface area contributed by atoms with Crippen molar-refractivity contribution in [3.05, 3.63) is 12.3 Å². The van der Waals surface area contributed by atoms with Crippen molar-refractivity contribution in [1.82, 2.24) is 5.32 Å². The molecule has 0 bridgehead atoms. The Morgan fingerprint density at radius 1 is 1.71 bits per heavy atom. The zero-order chi connectivity index (χ0) is 5.11. The maximum Gasteiger partial charge on any atom is 0.0740 e. The Kier molecular flexibility index (Phi) is 1.32. The van der Waals surface area contributed by atoms with E-state index in [1.807, 2.05) is 6.20 Å². The van der Waals surface area contributed by atoms with Gasteiger partial charge < -0.3 is 11.1 Å². The van der Waals surface area contributed by atoms with Crippen LogP contribution in [-0.2, 0) is 0 Å². The molecule has 1 rings (SSSR count). The minimum Gasteiger partial charge on any atom is -0.376 e. The SMILES string of the molecule is NC1CCC=CN1. The molecular weight excluding hydrogens is 88.1 g/mol. The minimum absolute atomic E-state index is 0.199. The molecule has 2 heteroatoms. The van der Waals surface area contributed by atoms with E-state index in [0.717, 1.165) is 12.8 Å². The van der Waals surface area contributed by atoms with Crippen LogP contribution in [0, 0.1) is 0 Å². The van der Waals surface area contributed by atoms with Crippen LogP contribution in [0.4, 0.5) is 0 Å². The number of rotatable bonds is 0. The van der Waals surface area contributed by atoms with Crippen molar-refractivity contribution >= 4 is 0 Å². The summed E-state index contributed by atoms with van der Waals surface area (Å²) in [5, 5.41) is 2.98. The van der Waals surface area contributed by atoms with Gasteiger partial charge in [-0.05, 0) is 19.0 Å². The summed E-state index contributed by atoms with van der Waals surface area (Å²) in [4.78, 5) is 0. The summed E-state index contributed by atoms with van der Waals surface area (Å²) in [5.41, 5.74) is 5.47. The molecule has 1 aliphatic rings. The predicted molar refractivity (Wildman–Crippen MR) is 29.5 cm³/mol. The number of hydrogen-bond acceptors (Lipinski definition) is 2. The Balaban J connectivity index is 2.32. The normalized spacial score (nSPS) is 29.6. The number of nitrogens with two attached hydrogens (primary N) is 1. The fourth-order valence-corrected chi connectivity index (χ4v) is 0.634. The fourth-order valence-electron chi connectivity index (χ4n) is 0.634. The third-order valence-corrected chi connectivity index (χ3v) is 1.07. The van der Waals surface area contributed by atoms with Gasteiger partial charge in [0.2, 0.25) is 0 Å². The molecular formula is C5H10N2. The van der Waals surface area contributed by atoms with Crippen molar-refractivity contribution in [2.24, 2.45) is 5.73 Å². The molecule has 0 fully saturated rings. The van der Waals surface area contributed by atoms with Crippen LogP contribution in [-0.4, -0.2) is 6.17 Å². The van der Waals surface area contributed by atoms with E-state index < -0.39 is 0 Å². The second kappa shape index (κ2) is 1.98. The molecule has 0 aliphatic carbocycles. The molecule has 1 unspecified atom stereocenters. The fraction of sp³-hybridized carbons (Fsp3) is 0.600. The molecule has 3 N–H and O–H groups in total. The minimum atomic E-state index is 0.199. The van der Waals surface area contributed by atoms with Gasteiger partial charge in [0.25, 0.3) is 0 Å². The summed E-state index contributed by atoms with van der Waals surface area (Å²) < 4.78 is 0. The van der Waals surface area contributed by atoms with Crippen LogP contribution >= 0.6 is 0 Å². The third kappa shape index (κ3) is 1.20. The molecule has 0 saturated carbocycles. The highest BCUT2D eigenvalue weighted by molar-refractivity contribution is 4.87. The molecule has 0 aromatic rings. The van der Waals surface area contributed by atoms with Gasteiger partial charge in [0, 0.05) is 0 Å². The molecule has 0 amide bonds. The van der Waals surface area contributed by atoms with Crippen LogP contribution in [0.25, 0.3) is 0 Å². The lowest BCUT2D eigenvalue weighted by Crippen LogP contribution is -2.35. The van der Waals surface area contributed by atoms with Gasteiger partial charge in [-0.2, -0.15) is 0 Å². The molecule has 1 heterocycles. The maximum atomic E-state index is 5.47. The molecule has 0 aromatic carbocycles. The topological polar surface area (TPSA) is 38.0 Å². The van der Waals surface area contributed by atoms with E-state index in [-0.39, 0.29) is 6.17 Å². The predicted octanol–water partition coefficient (Wildman–Crippen LogP) is 0.168. The van der Waals surface area contributed by atoms with Gasteiger partial charge in [0.15, 0.2) is 0 Å². The average molecular weight is 98.1 g/mol. The highest BCUT2D eigenvalue weighted by Gasteiger charge is 1.98. The quantitative estimate of drug-likeness (QED) is 0.453. The summed E-state index contributed by atoms with van der Waals surface area (Å²) in [6.45, 7) is 0. The van der Waals surface area contributed by atoms with E-state index in [2.05, 4.69) is 11.4 Å². The van der Waals surface area contributed by atoms with Crippen molar-refractivity contribution in [3.8, 4) is 0 Å². The molecule has 1 aliphatic heterocycles. The zero-order valence-electron chi connectivity index (χ0n) is 4.22. The molecule has 0 spiro atoms. The van der Waals surface area contributed by atoms with Crippen molar-refractivity contribution < 1.29 is 0 Å². The van der Waals surface area contributed by atoms with Gasteiger partial charge in [0.05, 0.1) is 6.17 Å². The van der Waals surface area contributed by atoms with Crippen molar-refractivity contribution in [1.29, 1.82) is 0 Å². The first-order valence-corrected chi connectivity index (χ1v) is 2.56. The van der Waals surface area contributed by atoms with Crippen molar-refractivity contribution in [2.75, 3.05) is 0 Å². The van der Waals surface area contributed by atoms with Crippen LogP contribution in [0.15, 0.2) is 12.3 Å². The summed E-state index contributed by atoms with van der Waals surface area (Å²) in [6.07, 6.45) is 6.38. The Morgan fingerprint density at radius 2 is 2.57 bits per heavy atom. The molecule has 2 nitrogen and oxygen atoms in total. The van der Waals surface area contributed by atoms with Crippen LogP contribution in [0.2, 0.25) is 0 Å². The molecule has 0 saturated heterocycles. The Hall–Kier alpha value is -0.500. The molecule has 0 aromatic heterocycles. The van der Waals surface area contributed by atoms with Crippen LogP contribution in [0.1, 0.15) is 12.8 Å². The average Bonchev–Trinajstić information content (AvgIpc) is 1.69. The van der Waals surface area contributed by atoms with Crippen LogP contribution in [0.3, 0.4) is 0 Å². The van der Waals surface area contributed by atoms with E-state index >= 15 is 0 Å². The summed E-state index contributed by atoms with van der Waals surface area (Å²) in [6, 6.07) is 0. The number of hydrogen-bond donors (Lipinski definition) is 2. The lowest BCUT2D eigenvalue weighted by molar-refractivity contribution is 0.546. The van der Waals surface area contributed by atoms with Gasteiger partial charge in [0.1, 0.15) is 0 Å². The summed E-state index contributed by atoms with van der Waals surface area (Å²) in [5.74, 6) is 0. The van der Waals surface area contributed by atoms with E-state index in [1.165, 1.54) is 0 Å². The monoisotopic (exact) mass is 98.1 g/mol. The first-order chi connectivity index (χ1) is 3.39. The standard InChI is InChI=1S/C5H10N2/c6-5-3-1-2-4-7-5/h2,4-5,7H,1,3,6H2. The largest absolute Gasteiger partial charge is 0.376 e. The molecule has 7 heavy (non-hydrogen) atoms. The first-order valence-electron chi connectivity index (χ1n) is 2.56. The summed E-state index contributed by atoms with van der Waals surface area (Å²) in [7, 11) is 0. The van der Waals surface area contributed by atoms with Gasteiger partial charge >= 0.3 is 0 Å². The Bertz CT molecular complexity index is 78.1. The van der Waals surface area contributed by atoms with Crippen LogP contribution in [0.5, 0.6) is 0 Å². The Morgan fingerprint density at radius 3 is 2.86 bits per heavy atom. The van der Waals surface area contributed by atoms with E-state index in [1.54, 1.807) is 0 Å². The van der Waals surface area contributed by atoms with Crippen LogP contribution < -0.4 is 11.1 Å². The van der Waals surface area contributed by atoms with Gasteiger partial charge in [-0.25, -0.2) is 0 Å². The lowest BCUT2D eigenvalue weighted by Gasteiger charge is -2.13.